The van der Waals surface area contributed by atoms with Crippen molar-refractivity contribution in [3.63, 3.8) is 0 Å². The molecule has 20 heavy (non-hydrogen) atoms. The molecular formula is C11H3BrF5NO2. The Morgan fingerprint density at radius 2 is 1.50 bits per heavy atom. The predicted molar refractivity (Wildman–Crippen MR) is 60.6 cm³/mol. The lowest BCUT2D eigenvalue weighted by molar-refractivity contribution is 0.102. The maximum absolute atomic E-state index is 13.3. The van der Waals surface area contributed by atoms with Crippen LogP contribution in [0, 0.1) is 29.1 Å². The second-order valence-electron chi connectivity index (χ2n) is 3.51. The molecule has 0 aliphatic heterocycles. The Hall–Kier alpha value is -1.90. The lowest BCUT2D eigenvalue weighted by Gasteiger charge is -2.09. The summed E-state index contributed by atoms with van der Waals surface area (Å²) in [6.45, 7) is 0. The monoisotopic (exact) mass is 355 g/mol. The summed E-state index contributed by atoms with van der Waals surface area (Å²) in [5.74, 6) is -12.0. The average molecular weight is 356 g/mol. The van der Waals surface area contributed by atoms with Gasteiger partial charge in [0.1, 0.15) is 5.69 Å². The van der Waals surface area contributed by atoms with Crippen LogP contribution in [0.1, 0.15) is 10.4 Å². The third-order valence-electron chi connectivity index (χ3n) is 2.31. The summed E-state index contributed by atoms with van der Waals surface area (Å²) < 4.78 is 70.0. The third kappa shape index (κ3) is 2.28. The molecule has 1 aromatic heterocycles. The lowest BCUT2D eigenvalue weighted by Crippen LogP contribution is -2.16. The number of amides is 1. The van der Waals surface area contributed by atoms with Crippen molar-refractivity contribution < 1.29 is 31.2 Å². The Bertz CT molecular complexity index is 671. The third-order valence-corrected chi connectivity index (χ3v) is 2.93. The summed E-state index contributed by atoms with van der Waals surface area (Å²) in [4.78, 5) is 11.6. The summed E-state index contributed by atoms with van der Waals surface area (Å²) in [6, 6.07) is 1.14. The van der Waals surface area contributed by atoms with Crippen LogP contribution in [0.2, 0.25) is 0 Å². The minimum atomic E-state index is -2.30. The molecule has 0 radical (unpaired) electrons. The Kier molecular flexibility index (Phi) is 3.80. The summed E-state index contributed by atoms with van der Waals surface area (Å²) in [6.07, 6.45) is 1.09. The number of rotatable bonds is 2. The Balaban J connectivity index is 2.45. The summed E-state index contributed by atoms with van der Waals surface area (Å²) in [5, 5.41) is 1.60. The van der Waals surface area contributed by atoms with E-state index in [2.05, 4.69) is 15.9 Å². The van der Waals surface area contributed by atoms with E-state index >= 15 is 0 Å². The zero-order valence-corrected chi connectivity index (χ0v) is 10.8. The van der Waals surface area contributed by atoms with E-state index in [-0.39, 0.29) is 10.2 Å². The van der Waals surface area contributed by atoms with Crippen LogP contribution >= 0.6 is 15.9 Å². The quantitative estimate of drug-likeness (QED) is 0.502. The molecule has 0 bridgehead atoms. The number of nitrogens with one attached hydrogen (secondary N) is 1. The molecule has 1 N–H and O–H groups in total. The highest BCUT2D eigenvalue weighted by Crippen LogP contribution is 2.28. The van der Waals surface area contributed by atoms with Crippen LogP contribution in [0.3, 0.4) is 0 Å². The molecule has 0 saturated carbocycles. The molecule has 3 nitrogen and oxygen atoms in total. The van der Waals surface area contributed by atoms with Crippen LogP contribution in [0.15, 0.2) is 21.4 Å². The number of furan rings is 1. The molecule has 9 heteroatoms. The Labute approximate surface area is 116 Å². The molecule has 0 aliphatic carbocycles. The maximum atomic E-state index is 13.3. The van der Waals surface area contributed by atoms with Crippen LogP contribution in [0.25, 0.3) is 0 Å². The normalized spacial score (nSPS) is 10.7. The molecule has 0 atom stereocenters. The molecule has 0 aliphatic rings. The van der Waals surface area contributed by atoms with Gasteiger partial charge in [0, 0.05) is 0 Å². The van der Waals surface area contributed by atoms with Gasteiger partial charge in [0.25, 0.3) is 5.91 Å². The highest BCUT2D eigenvalue weighted by molar-refractivity contribution is 9.10. The van der Waals surface area contributed by atoms with Crippen LogP contribution in [0.4, 0.5) is 27.6 Å². The summed E-state index contributed by atoms with van der Waals surface area (Å²) in [7, 11) is 0. The van der Waals surface area contributed by atoms with E-state index in [1.807, 2.05) is 0 Å². The highest BCUT2D eigenvalue weighted by atomic mass is 79.9. The van der Waals surface area contributed by atoms with Gasteiger partial charge in [0.05, 0.1) is 11.8 Å². The minimum Gasteiger partial charge on any atom is -0.457 e. The van der Waals surface area contributed by atoms with Gasteiger partial charge >= 0.3 is 0 Å². The van der Waals surface area contributed by atoms with E-state index in [4.69, 9.17) is 4.42 Å². The first kappa shape index (κ1) is 14.5. The minimum absolute atomic E-state index is 0.0566. The summed E-state index contributed by atoms with van der Waals surface area (Å²) >= 11 is 2.83. The molecule has 1 heterocycles. The van der Waals surface area contributed by atoms with Crippen molar-refractivity contribution in [2.75, 3.05) is 5.32 Å². The van der Waals surface area contributed by atoms with E-state index < -0.39 is 40.7 Å². The van der Waals surface area contributed by atoms with Crippen molar-refractivity contribution in [3.8, 4) is 0 Å². The van der Waals surface area contributed by atoms with Crippen LogP contribution < -0.4 is 5.32 Å². The van der Waals surface area contributed by atoms with Crippen molar-refractivity contribution >= 4 is 27.5 Å². The molecule has 106 valence electrons. The fraction of sp³-hybridized carbons (Fsp3) is 0. The van der Waals surface area contributed by atoms with Gasteiger partial charge in [-0.2, -0.15) is 0 Å². The molecule has 1 amide bonds. The fourth-order valence-corrected chi connectivity index (χ4v) is 1.77. The highest BCUT2D eigenvalue weighted by Gasteiger charge is 2.27. The number of benzene rings is 1. The van der Waals surface area contributed by atoms with Crippen LogP contribution in [-0.4, -0.2) is 5.91 Å². The van der Waals surface area contributed by atoms with E-state index in [0.717, 1.165) is 12.3 Å². The molecule has 0 unspecified atom stereocenters. The zero-order valence-electron chi connectivity index (χ0n) is 9.24. The fourth-order valence-electron chi connectivity index (χ4n) is 1.35. The molecule has 0 saturated heterocycles. The standard InChI is InChI=1S/C11H3BrF5NO2/c12-10-3(1-2-20-10)11(19)18-9-7(16)5(14)4(13)6(15)8(9)17/h1-2H,(H,18,19). The second-order valence-corrected chi connectivity index (χ2v) is 4.23. The van der Waals surface area contributed by atoms with E-state index in [9.17, 15) is 26.7 Å². The van der Waals surface area contributed by atoms with Gasteiger partial charge in [-0.15, -0.1) is 0 Å². The first-order valence-electron chi connectivity index (χ1n) is 4.90. The molecular weight excluding hydrogens is 353 g/mol. The van der Waals surface area contributed by atoms with Gasteiger partial charge in [-0.05, 0) is 22.0 Å². The summed E-state index contributed by atoms with van der Waals surface area (Å²) in [5.41, 5.74) is -1.60. The number of hydrogen-bond donors (Lipinski definition) is 1. The van der Waals surface area contributed by atoms with Crippen molar-refractivity contribution in [2.45, 2.75) is 0 Å². The van der Waals surface area contributed by atoms with Gasteiger partial charge in [-0.3, -0.25) is 4.79 Å². The number of halogens is 6. The Morgan fingerprint density at radius 3 is 1.95 bits per heavy atom. The van der Waals surface area contributed by atoms with E-state index in [1.54, 1.807) is 5.32 Å². The number of carbonyl (C=O) groups excluding carboxylic acids is 1. The first-order valence-corrected chi connectivity index (χ1v) is 5.69. The van der Waals surface area contributed by atoms with E-state index in [0.29, 0.717) is 0 Å². The largest absolute Gasteiger partial charge is 0.457 e. The molecule has 0 fully saturated rings. The first-order chi connectivity index (χ1) is 9.34. The van der Waals surface area contributed by atoms with Crippen molar-refractivity contribution in [3.05, 3.63) is 51.6 Å². The molecule has 2 rings (SSSR count). The lowest BCUT2D eigenvalue weighted by atomic mass is 10.2. The van der Waals surface area contributed by atoms with Crippen LogP contribution in [-0.2, 0) is 0 Å². The molecule has 0 spiro atoms. The molecule has 1 aromatic carbocycles. The smallest absolute Gasteiger partial charge is 0.260 e. The predicted octanol–water partition coefficient (Wildman–Crippen LogP) is 3.99. The van der Waals surface area contributed by atoms with Crippen molar-refractivity contribution in [2.24, 2.45) is 0 Å². The maximum Gasteiger partial charge on any atom is 0.260 e. The second kappa shape index (κ2) is 5.23. The number of anilines is 1. The van der Waals surface area contributed by atoms with Gasteiger partial charge < -0.3 is 9.73 Å². The van der Waals surface area contributed by atoms with E-state index in [1.165, 1.54) is 0 Å². The number of hydrogen-bond acceptors (Lipinski definition) is 2. The van der Waals surface area contributed by atoms with Crippen molar-refractivity contribution in [1.29, 1.82) is 0 Å². The Morgan fingerprint density at radius 1 is 1.00 bits per heavy atom. The van der Waals surface area contributed by atoms with Crippen LogP contribution in [0.5, 0.6) is 0 Å². The topological polar surface area (TPSA) is 42.2 Å². The van der Waals surface area contributed by atoms with Gasteiger partial charge in [0.2, 0.25) is 5.82 Å². The SMILES string of the molecule is O=C(Nc1c(F)c(F)c(F)c(F)c1F)c1ccoc1Br. The van der Waals surface area contributed by atoms with Gasteiger partial charge in [-0.1, -0.05) is 0 Å². The number of carbonyl (C=O) groups is 1. The van der Waals surface area contributed by atoms with Gasteiger partial charge in [0.15, 0.2) is 27.9 Å². The zero-order chi connectivity index (χ0) is 15.0. The van der Waals surface area contributed by atoms with Gasteiger partial charge in [-0.25, -0.2) is 22.0 Å². The average Bonchev–Trinajstić information content (AvgIpc) is 2.85. The van der Waals surface area contributed by atoms with Crippen molar-refractivity contribution in [1.82, 2.24) is 0 Å². The molecule has 2 aromatic rings.